The molecule has 6 heteroatoms. The van der Waals surface area contributed by atoms with Crippen molar-refractivity contribution in [1.82, 2.24) is 9.97 Å². The molecule has 0 fully saturated rings. The summed E-state index contributed by atoms with van der Waals surface area (Å²) >= 11 is 0. The zero-order chi connectivity index (χ0) is 13.1. The summed E-state index contributed by atoms with van der Waals surface area (Å²) < 4.78 is 31.5. The molecule has 0 unspecified atom stereocenters. The molecule has 0 aliphatic rings. The predicted octanol–water partition coefficient (Wildman–Crippen LogP) is 2.90. The van der Waals surface area contributed by atoms with Gasteiger partial charge in [0.2, 0.25) is 5.88 Å². The third-order valence-corrected chi connectivity index (χ3v) is 2.38. The summed E-state index contributed by atoms with van der Waals surface area (Å²) in [5.41, 5.74) is 0.642. The first kappa shape index (κ1) is 12.2. The van der Waals surface area contributed by atoms with Crippen molar-refractivity contribution in [3.05, 3.63) is 41.7 Å². The van der Waals surface area contributed by atoms with Crippen LogP contribution < -0.4 is 10.1 Å². The second kappa shape index (κ2) is 4.95. The molecule has 1 heterocycles. The predicted molar refractivity (Wildman–Crippen MR) is 62.7 cm³/mol. The van der Waals surface area contributed by atoms with Crippen LogP contribution in [0.1, 0.15) is 5.56 Å². The molecule has 0 saturated carbocycles. The fourth-order valence-electron chi connectivity index (χ4n) is 1.45. The highest BCUT2D eigenvalue weighted by atomic mass is 19.1. The first-order chi connectivity index (χ1) is 8.61. The van der Waals surface area contributed by atoms with Gasteiger partial charge in [-0.25, -0.2) is 18.7 Å². The maximum Gasteiger partial charge on any atom is 0.227 e. The Labute approximate surface area is 103 Å². The zero-order valence-electron chi connectivity index (χ0n) is 9.87. The highest BCUT2D eigenvalue weighted by Crippen LogP contribution is 2.27. The van der Waals surface area contributed by atoms with Crippen molar-refractivity contribution in [2.75, 3.05) is 12.4 Å². The van der Waals surface area contributed by atoms with E-state index in [9.17, 15) is 8.78 Å². The highest BCUT2D eigenvalue weighted by Gasteiger charge is 2.11. The molecule has 0 bridgehead atoms. The van der Waals surface area contributed by atoms with E-state index < -0.39 is 11.6 Å². The molecule has 0 aliphatic heterocycles. The summed E-state index contributed by atoms with van der Waals surface area (Å²) in [6.07, 6.45) is 1.30. The second-order valence-electron chi connectivity index (χ2n) is 3.58. The lowest BCUT2D eigenvalue weighted by atomic mass is 10.3. The monoisotopic (exact) mass is 251 g/mol. The highest BCUT2D eigenvalue weighted by molar-refractivity contribution is 5.48. The van der Waals surface area contributed by atoms with Gasteiger partial charge < -0.3 is 10.1 Å². The van der Waals surface area contributed by atoms with Gasteiger partial charge >= 0.3 is 0 Å². The molecule has 0 saturated heterocycles. The van der Waals surface area contributed by atoms with Crippen LogP contribution in [-0.4, -0.2) is 17.0 Å². The molecule has 0 spiro atoms. The van der Waals surface area contributed by atoms with E-state index in [0.29, 0.717) is 11.4 Å². The van der Waals surface area contributed by atoms with Crippen LogP contribution in [0.2, 0.25) is 0 Å². The normalized spacial score (nSPS) is 10.2. The number of nitrogens with zero attached hydrogens (tertiary/aromatic N) is 2. The van der Waals surface area contributed by atoms with Crippen molar-refractivity contribution >= 4 is 5.82 Å². The number of benzene rings is 1. The number of hydrogen-bond donors (Lipinski definition) is 1. The lowest BCUT2D eigenvalue weighted by Gasteiger charge is -2.10. The van der Waals surface area contributed by atoms with Gasteiger partial charge in [0, 0.05) is 13.1 Å². The molecule has 0 amide bonds. The Balaban J connectivity index is 2.34. The minimum Gasteiger partial charge on any atom is -0.435 e. The van der Waals surface area contributed by atoms with Gasteiger partial charge in [-0.2, -0.15) is 0 Å². The maximum absolute atomic E-state index is 13.4. The molecule has 0 radical (unpaired) electrons. The van der Waals surface area contributed by atoms with Crippen molar-refractivity contribution in [2.45, 2.75) is 6.92 Å². The quantitative estimate of drug-likeness (QED) is 0.911. The Bertz CT molecular complexity index is 575. The van der Waals surface area contributed by atoms with E-state index in [1.54, 1.807) is 14.0 Å². The van der Waals surface area contributed by atoms with Gasteiger partial charge in [-0.15, -0.1) is 0 Å². The molecular formula is C12H11F2N3O. The standard InChI is InChI=1S/C12H11F2N3O/c1-7-11(15-2)16-6-17-12(7)18-10-4-3-8(13)5-9(10)14/h3-6H,1-2H3,(H,15,16,17). The molecule has 4 nitrogen and oxygen atoms in total. The van der Waals surface area contributed by atoms with Crippen LogP contribution in [0.15, 0.2) is 24.5 Å². The fourth-order valence-corrected chi connectivity index (χ4v) is 1.45. The number of hydrogen-bond acceptors (Lipinski definition) is 4. The van der Waals surface area contributed by atoms with Crippen molar-refractivity contribution in [1.29, 1.82) is 0 Å². The largest absolute Gasteiger partial charge is 0.435 e. The fraction of sp³-hybridized carbons (Fsp3) is 0.167. The first-order valence-corrected chi connectivity index (χ1v) is 5.24. The molecule has 0 aliphatic carbocycles. The van der Waals surface area contributed by atoms with Crippen LogP contribution in [-0.2, 0) is 0 Å². The average molecular weight is 251 g/mol. The van der Waals surface area contributed by atoms with Crippen LogP contribution in [0.4, 0.5) is 14.6 Å². The molecule has 1 aromatic heterocycles. The Hall–Kier alpha value is -2.24. The van der Waals surface area contributed by atoms with E-state index in [1.165, 1.54) is 12.4 Å². The third kappa shape index (κ3) is 2.37. The SMILES string of the molecule is CNc1ncnc(Oc2ccc(F)cc2F)c1C. The number of ether oxygens (including phenoxy) is 1. The minimum absolute atomic E-state index is 0.0831. The van der Waals surface area contributed by atoms with E-state index in [0.717, 1.165) is 12.1 Å². The van der Waals surface area contributed by atoms with Crippen molar-refractivity contribution in [3.8, 4) is 11.6 Å². The van der Waals surface area contributed by atoms with Crippen molar-refractivity contribution in [2.24, 2.45) is 0 Å². The number of nitrogens with one attached hydrogen (secondary N) is 1. The Kier molecular flexibility index (Phi) is 3.36. The Morgan fingerprint density at radius 1 is 1.22 bits per heavy atom. The Morgan fingerprint density at radius 3 is 2.67 bits per heavy atom. The molecule has 2 rings (SSSR count). The van der Waals surface area contributed by atoms with Gasteiger partial charge in [-0.1, -0.05) is 0 Å². The topological polar surface area (TPSA) is 47.0 Å². The van der Waals surface area contributed by atoms with Gasteiger partial charge in [0.15, 0.2) is 11.6 Å². The number of aromatic nitrogens is 2. The summed E-state index contributed by atoms with van der Waals surface area (Å²) in [6, 6.07) is 3.09. The summed E-state index contributed by atoms with van der Waals surface area (Å²) in [5.74, 6) is -0.711. The number of rotatable bonds is 3. The number of anilines is 1. The summed E-state index contributed by atoms with van der Waals surface area (Å²) in [4.78, 5) is 7.89. The van der Waals surface area contributed by atoms with E-state index in [1.807, 2.05) is 0 Å². The van der Waals surface area contributed by atoms with Crippen LogP contribution >= 0.6 is 0 Å². The van der Waals surface area contributed by atoms with Crippen LogP contribution in [0.25, 0.3) is 0 Å². The lowest BCUT2D eigenvalue weighted by molar-refractivity contribution is 0.420. The van der Waals surface area contributed by atoms with Gasteiger partial charge in [0.25, 0.3) is 0 Å². The number of halogens is 2. The third-order valence-electron chi connectivity index (χ3n) is 2.38. The van der Waals surface area contributed by atoms with E-state index >= 15 is 0 Å². The molecule has 18 heavy (non-hydrogen) atoms. The summed E-state index contributed by atoms with van der Waals surface area (Å²) in [6.45, 7) is 1.74. The maximum atomic E-state index is 13.4. The molecular weight excluding hydrogens is 240 g/mol. The van der Waals surface area contributed by atoms with Crippen molar-refractivity contribution < 1.29 is 13.5 Å². The second-order valence-corrected chi connectivity index (χ2v) is 3.58. The summed E-state index contributed by atoms with van der Waals surface area (Å²) in [7, 11) is 1.71. The van der Waals surface area contributed by atoms with Gasteiger partial charge in [-0.3, -0.25) is 0 Å². The van der Waals surface area contributed by atoms with Gasteiger partial charge in [0.05, 0.1) is 5.56 Å². The van der Waals surface area contributed by atoms with Gasteiger partial charge in [0.1, 0.15) is 18.0 Å². The molecule has 1 N–H and O–H groups in total. The van der Waals surface area contributed by atoms with Crippen LogP contribution in [0.5, 0.6) is 11.6 Å². The first-order valence-electron chi connectivity index (χ1n) is 5.24. The lowest BCUT2D eigenvalue weighted by Crippen LogP contribution is -2.00. The smallest absolute Gasteiger partial charge is 0.227 e. The van der Waals surface area contributed by atoms with Crippen LogP contribution in [0, 0.1) is 18.6 Å². The summed E-state index contributed by atoms with van der Waals surface area (Å²) in [5, 5.41) is 2.86. The van der Waals surface area contributed by atoms with Crippen LogP contribution in [0.3, 0.4) is 0 Å². The zero-order valence-corrected chi connectivity index (χ0v) is 9.87. The molecule has 2 aromatic rings. The molecule has 1 aromatic carbocycles. The average Bonchev–Trinajstić information content (AvgIpc) is 2.35. The van der Waals surface area contributed by atoms with Gasteiger partial charge in [-0.05, 0) is 19.1 Å². The van der Waals surface area contributed by atoms with E-state index in [4.69, 9.17) is 4.74 Å². The van der Waals surface area contributed by atoms with E-state index in [2.05, 4.69) is 15.3 Å². The Morgan fingerprint density at radius 2 is 2.00 bits per heavy atom. The molecule has 0 atom stereocenters. The molecule has 94 valence electrons. The minimum atomic E-state index is -0.779. The van der Waals surface area contributed by atoms with E-state index in [-0.39, 0.29) is 11.6 Å². The van der Waals surface area contributed by atoms with Crippen molar-refractivity contribution in [3.63, 3.8) is 0 Å².